The normalized spacial score (nSPS) is 12.0. The predicted octanol–water partition coefficient (Wildman–Crippen LogP) is 2.90. The summed E-state index contributed by atoms with van der Waals surface area (Å²) in [7, 11) is 0. The van der Waals surface area contributed by atoms with Gasteiger partial charge in [0.05, 0.1) is 6.61 Å². The van der Waals surface area contributed by atoms with E-state index in [0.29, 0.717) is 18.4 Å². The van der Waals surface area contributed by atoms with Crippen LogP contribution in [0.3, 0.4) is 0 Å². The lowest BCUT2D eigenvalue weighted by Gasteiger charge is -2.27. The van der Waals surface area contributed by atoms with Crippen LogP contribution in [0.5, 0.6) is 0 Å². The first kappa shape index (κ1) is 11.5. The molecule has 0 aromatic carbocycles. The summed E-state index contributed by atoms with van der Waals surface area (Å²) in [6.45, 7) is 5.47. The zero-order chi connectivity index (χ0) is 8.74. The van der Waals surface area contributed by atoms with E-state index in [1.807, 2.05) is 6.92 Å². The van der Waals surface area contributed by atoms with Gasteiger partial charge in [-0.25, -0.2) is 0 Å². The molecule has 0 atom stereocenters. The molecule has 0 heterocycles. The summed E-state index contributed by atoms with van der Waals surface area (Å²) in [6.07, 6.45) is 0.972. The summed E-state index contributed by atoms with van der Waals surface area (Å²) < 4.78 is 5.30. The Morgan fingerprint density at radius 2 is 1.73 bits per heavy atom. The highest BCUT2D eigenvalue weighted by Crippen LogP contribution is 2.25. The predicted molar refractivity (Wildman–Crippen MR) is 50.7 cm³/mol. The molecule has 0 spiro atoms. The maximum Gasteiger partial charge on any atom is 0.0545 e. The Morgan fingerprint density at radius 3 is 2.00 bits per heavy atom. The Bertz CT molecular complexity index is 83.8. The Balaban J connectivity index is 3.84. The van der Waals surface area contributed by atoms with Gasteiger partial charge in [-0.05, 0) is 13.3 Å². The molecule has 0 rings (SSSR count). The molecule has 0 aliphatic carbocycles. The topological polar surface area (TPSA) is 9.23 Å². The van der Waals surface area contributed by atoms with Crippen molar-refractivity contribution in [2.24, 2.45) is 5.41 Å². The Morgan fingerprint density at radius 1 is 1.18 bits per heavy atom. The molecule has 0 aromatic rings. The second-order valence-electron chi connectivity index (χ2n) is 2.76. The summed E-state index contributed by atoms with van der Waals surface area (Å²) >= 11 is 11.6. The number of rotatable bonds is 6. The fourth-order valence-electron chi connectivity index (χ4n) is 0.722. The molecule has 0 radical (unpaired) electrons. The third kappa shape index (κ3) is 3.64. The largest absolute Gasteiger partial charge is 0.381 e. The molecule has 3 heteroatoms. The average Bonchev–Trinajstić information content (AvgIpc) is 2.08. The zero-order valence-electron chi connectivity index (χ0n) is 7.20. The fourth-order valence-corrected chi connectivity index (χ4v) is 1.54. The van der Waals surface area contributed by atoms with E-state index in [9.17, 15) is 0 Å². The lowest BCUT2D eigenvalue weighted by atomic mass is 9.91. The fraction of sp³-hybridized carbons (Fsp3) is 1.00. The molecule has 11 heavy (non-hydrogen) atoms. The van der Waals surface area contributed by atoms with E-state index in [1.165, 1.54) is 0 Å². The highest BCUT2D eigenvalue weighted by molar-refractivity contribution is 6.21. The molecule has 0 saturated heterocycles. The lowest BCUT2D eigenvalue weighted by Crippen LogP contribution is -2.30. The molecule has 0 aliphatic rings. The highest BCUT2D eigenvalue weighted by Gasteiger charge is 2.26. The molecule has 0 fully saturated rings. The quantitative estimate of drug-likeness (QED) is 0.597. The zero-order valence-corrected chi connectivity index (χ0v) is 8.71. The van der Waals surface area contributed by atoms with Crippen LogP contribution < -0.4 is 0 Å². The van der Waals surface area contributed by atoms with E-state index >= 15 is 0 Å². The van der Waals surface area contributed by atoms with Crippen molar-refractivity contribution < 1.29 is 4.74 Å². The van der Waals surface area contributed by atoms with Gasteiger partial charge in [-0.1, -0.05) is 6.92 Å². The number of alkyl halides is 2. The van der Waals surface area contributed by atoms with E-state index in [2.05, 4.69) is 6.92 Å². The van der Waals surface area contributed by atoms with Crippen molar-refractivity contribution >= 4 is 23.2 Å². The van der Waals surface area contributed by atoms with Gasteiger partial charge in [0.1, 0.15) is 0 Å². The monoisotopic (exact) mass is 198 g/mol. The van der Waals surface area contributed by atoms with Crippen LogP contribution in [0.25, 0.3) is 0 Å². The van der Waals surface area contributed by atoms with Crippen molar-refractivity contribution in [2.45, 2.75) is 20.3 Å². The smallest absolute Gasteiger partial charge is 0.0545 e. The van der Waals surface area contributed by atoms with Gasteiger partial charge in [0, 0.05) is 23.8 Å². The standard InChI is InChI=1S/C8H16Cl2O/c1-3-8(5-9,6-10)7-11-4-2/h3-7H2,1-2H3. The van der Waals surface area contributed by atoms with Crippen LogP contribution in [0.15, 0.2) is 0 Å². The number of ether oxygens (including phenoxy) is 1. The van der Waals surface area contributed by atoms with Crippen molar-refractivity contribution in [3.8, 4) is 0 Å². The van der Waals surface area contributed by atoms with Gasteiger partial charge in [-0.3, -0.25) is 0 Å². The van der Waals surface area contributed by atoms with Crippen molar-refractivity contribution in [1.29, 1.82) is 0 Å². The first-order chi connectivity index (χ1) is 5.24. The Labute approximate surface area is 79.0 Å². The molecule has 1 nitrogen and oxygen atoms in total. The minimum Gasteiger partial charge on any atom is -0.381 e. The van der Waals surface area contributed by atoms with Crippen LogP contribution in [0.1, 0.15) is 20.3 Å². The maximum absolute atomic E-state index is 5.80. The van der Waals surface area contributed by atoms with Gasteiger partial charge in [0.2, 0.25) is 0 Å². The number of hydrogen-bond donors (Lipinski definition) is 0. The maximum atomic E-state index is 5.80. The molecule has 0 saturated carbocycles. The van der Waals surface area contributed by atoms with E-state index < -0.39 is 0 Å². The van der Waals surface area contributed by atoms with Gasteiger partial charge in [-0.15, -0.1) is 23.2 Å². The third-order valence-electron chi connectivity index (χ3n) is 1.93. The minimum atomic E-state index is -0.0148. The van der Waals surface area contributed by atoms with Crippen molar-refractivity contribution in [3.63, 3.8) is 0 Å². The van der Waals surface area contributed by atoms with Gasteiger partial charge in [0.25, 0.3) is 0 Å². The molecule has 0 amide bonds. The number of halogens is 2. The SMILES string of the molecule is CCOCC(CC)(CCl)CCl. The van der Waals surface area contributed by atoms with Crippen molar-refractivity contribution in [2.75, 3.05) is 25.0 Å². The highest BCUT2D eigenvalue weighted by atomic mass is 35.5. The van der Waals surface area contributed by atoms with Crippen LogP contribution >= 0.6 is 23.2 Å². The van der Waals surface area contributed by atoms with Gasteiger partial charge < -0.3 is 4.74 Å². The summed E-state index contributed by atoms with van der Waals surface area (Å²) in [5.74, 6) is 1.15. The summed E-state index contributed by atoms with van der Waals surface area (Å²) in [4.78, 5) is 0. The van der Waals surface area contributed by atoms with Gasteiger partial charge in [-0.2, -0.15) is 0 Å². The lowest BCUT2D eigenvalue weighted by molar-refractivity contribution is 0.0725. The van der Waals surface area contributed by atoms with E-state index in [0.717, 1.165) is 13.0 Å². The minimum absolute atomic E-state index is 0.0148. The second-order valence-corrected chi connectivity index (χ2v) is 3.29. The molecule has 0 N–H and O–H groups in total. The molecule has 0 aliphatic heterocycles. The first-order valence-corrected chi connectivity index (χ1v) is 5.01. The summed E-state index contributed by atoms with van der Waals surface area (Å²) in [5, 5.41) is 0. The molecule has 0 unspecified atom stereocenters. The van der Waals surface area contributed by atoms with E-state index in [1.54, 1.807) is 0 Å². The first-order valence-electron chi connectivity index (χ1n) is 3.94. The van der Waals surface area contributed by atoms with Crippen LogP contribution in [-0.4, -0.2) is 25.0 Å². The van der Waals surface area contributed by atoms with Crippen LogP contribution in [0.4, 0.5) is 0 Å². The molecule has 0 bridgehead atoms. The molecular weight excluding hydrogens is 183 g/mol. The number of hydrogen-bond acceptors (Lipinski definition) is 1. The van der Waals surface area contributed by atoms with Crippen LogP contribution in [-0.2, 0) is 4.74 Å². The van der Waals surface area contributed by atoms with E-state index in [-0.39, 0.29) is 5.41 Å². The summed E-state index contributed by atoms with van der Waals surface area (Å²) in [5.41, 5.74) is -0.0148. The van der Waals surface area contributed by atoms with Crippen molar-refractivity contribution in [3.05, 3.63) is 0 Å². The van der Waals surface area contributed by atoms with Gasteiger partial charge >= 0.3 is 0 Å². The third-order valence-corrected chi connectivity index (χ3v) is 3.06. The van der Waals surface area contributed by atoms with Crippen LogP contribution in [0.2, 0.25) is 0 Å². The van der Waals surface area contributed by atoms with Crippen molar-refractivity contribution in [1.82, 2.24) is 0 Å². The average molecular weight is 199 g/mol. The van der Waals surface area contributed by atoms with Crippen LogP contribution in [0, 0.1) is 5.41 Å². The molecule has 68 valence electrons. The van der Waals surface area contributed by atoms with Gasteiger partial charge in [0.15, 0.2) is 0 Å². The molecular formula is C8H16Cl2O. The van der Waals surface area contributed by atoms with E-state index in [4.69, 9.17) is 27.9 Å². The molecule has 0 aromatic heterocycles. The summed E-state index contributed by atoms with van der Waals surface area (Å²) in [6, 6.07) is 0. The Kier molecular flexibility index (Phi) is 6.40. The second kappa shape index (κ2) is 6.10. The Hall–Kier alpha value is 0.540.